The Morgan fingerprint density at radius 3 is 2.57 bits per heavy atom. The molecule has 6 nitrogen and oxygen atoms in total. The van der Waals surface area contributed by atoms with Crippen LogP contribution in [0.1, 0.15) is 12.0 Å². The number of carbonyl (C=O) groups excluding carboxylic acids is 1. The first-order valence-corrected chi connectivity index (χ1v) is 9.97. The summed E-state index contributed by atoms with van der Waals surface area (Å²) in [6.07, 6.45) is 1.18. The minimum Gasteiger partial charge on any atom is -0.326 e. The molecule has 3 N–H and O–H groups in total. The fraction of sp³-hybridized carbons (Fsp3) is 0.462. The molecule has 1 aromatic carbocycles. The summed E-state index contributed by atoms with van der Waals surface area (Å²) in [6.45, 7) is 0.316. The third-order valence-corrected chi connectivity index (χ3v) is 5.27. The summed E-state index contributed by atoms with van der Waals surface area (Å²) >= 11 is 0. The number of rotatable bonds is 8. The smallest absolute Gasteiger partial charge is 0.225 e. The van der Waals surface area contributed by atoms with Gasteiger partial charge in [-0.05, 0) is 11.6 Å². The van der Waals surface area contributed by atoms with E-state index in [0.29, 0.717) is 12.2 Å². The highest BCUT2D eigenvalue weighted by molar-refractivity contribution is 7.92. The van der Waals surface area contributed by atoms with Crippen molar-refractivity contribution in [2.24, 2.45) is 5.73 Å². The van der Waals surface area contributed by atoms with Gasteiger partial charge in [-0.25, -0.2) is 8.42 Å². The van der Waals surface area contributed by atoms with Crippen molar-refractivity contribution in [3.8, 4) is 0 Å². The summed E-state index contributed by atoms with van der Waals surface area (Å²) < 4.78 is 33.5. The second-order valence-corrected chi connectivity index (χ2v) is 8.59. The average Bonchev–Trinajstić information content (AvgIpc) is 2.42. The summed E-state index contributed by atoms with van der Waals surface area (Å²) in [7, 11) is -4.44. The van der Waals surface area contributed by atoms with Crippen LogP contribution in [0.15, 0.2) is 24.3 Å². The first-order valence-electron chi connectivity index (χ1n) is 6.42. The van der Waals surface area contributed by atoms with E-state index in [9.17, 15) is 17.4 Å². The maximum atomic E-state index is 11.8. The molecule has 1 rings (SSSR count). The van der Waals surface area contributed by atoms with E-state index in [1.54, 1.807) is 12.1 Å². The summed E-state index contributed by atoms with van der Waals surface area (Å²) in [6, 6.07) is 7.19. The minimum atomic E-state index is -3.12. The summed E-state index contributed by atoms with van der Waals surface area (Å²) in [4.78, 5) is 11.8. The molecule has 0 aromatic heterocycles. The number of hydrogen-bond acceptors (Lipinski definition) is 5. The highest BCUT2D eigenvalue weighted by Crippen LogP contribution is 2.14. The van der Waals surface area contributed by atoms with Crippen molar-refractivity contribution in [1.82, 2.24) is 0 Å². The molecule has 118 valence electrons. The average molecular weight is 332 g/mol. The molecule has 0 bridgehead atoms. The van der Waals surface area contributed by atoms with Gasteiger partial charge in [0, 0.05) is 47.2 Å². The molecule has 1 aromatic rings. The van der Waals surface area contributed by atoms with E-state index >= 15 is 0 Å². The van der Waals surface area contributed by atoms with Gasteiger partial charge in [-0.15, -0.1) is 0 Å². The predicted molar refractivity (Wildman–Crippen MR) is 85.2 cm³/mol. The number of nitrogens with one attached hydrogen (secondary N) is 1. The van der Waals surface area contributed by atoms with Crippen molar-refractivity contribution < 1.29 is 17.4 Å². The van der Waals surface area contributed by atoms with Crippen LogP contribution < -0.4 is 11.1 Å². The SMILES string of the molecule is CS(=O)(=O)CCS(=O)CCC(=O)Nc1ccccc1CN. The zero-order valence-corrected chi connectivity index (χ0v) is 13.5. The molecule has 0 heterocycles. The maximum Gasteiger partial charge on any atom is 0.225 e. The number of nitrogens with two attached hydrogens (primary N) is 1. The van der Waals surface area contributed by atoms with E-state index in [1.807, 2.05) is 12.1 Å². The molecule has 0 spiro atoms. The van der Waals surface area contributed by atoms with Crippen molar-refractivity contribution in [3.63, 3.8) is 0 Å². The molecule has 0 aliphatic rings. The molecule has 21 heavy (non-hydrogen) atoms. The van der Waals surface area contributed by atoms with E-state index in [1.165, 1.54) is 0 Å². The van der Waals surface area contributed by atoms with Crippen molar-refractivity contribution in [2.45, 2.75) is 13.0 Å². The second-order valence-electron chi connectivity index (χ2n) is 4.64. The van der Waals surface area contributed by atoms with Gasteiger partial charge in [0.15, 0.2) is 0 Å². The molecule has 0 saturated carbocycles. The lowest BCUT2D eigenvalue weighted by Crippen LogP contribution is -2.19. The first kappa shape index (κ1) is 17.8. The van der Waals surface area contributed by atoms with Gasteiger partial charge in [0.25, 0.3) is 0 Å². The van der Waals surface area contributed by atoms with E-state index in [-0.39, 0.29) is 29.6 Å². The number of para-hydroxylation sites is 1. The normalized spacial score (nSPS) is 12.9. The topological polar surface area (TPSA) is 106 Å². The Morgan fingerprint density at radius 2 is 1.95 bits per heavy atom. The van der Waals surface area contributed by atoms with E-state index in [2.05, 4.69) is 5.32 Å². The van der Waals surface area contributed by atoms with Crippen molar-refractivity contribution in [1.29, 1.82) is 0 Å². The van der Waals surface area contributed by atoms with Gasteiger partial charge < -0.3 is 11.1 Å². The molecule has 0 saturated heterocycles. The molecule has 1 unspecified atom stereocenters. The van der Waals surface area contributed by atoms with Crippen LogP contribution in [0.5, 0.6) is 0 Å². The molecule has 0 aliphatic heterocycles. The summed E-state index contributed by atoms with van der Waals surface area (Å²) in [5, 5.41) is 2.72. The number of benzene rings is 1. The molecule has 0 aliphatic carbocycles. The lowest BCUT2D eigenvalue weighted by Gasteiger charge is -2.09. The van der Waals surface area contributed by atoms with Crippen LogP contribution in [0, 0.1) is 0 Å². The van der Waals surface area contributed by atoms with Crippen LogP contribution in [0.3, 0.4) is 0 Å². The van der Waals surface area contributed by atoms with Gasteiger partial charge in [0.2, 0.25) is 5.91 Å². The zero-order valence-electron chi connectivity index (χ0n) is 11.9. The van der Waals surface area contributed by atoms with Crippen molar-refractivity contribution >= 4 is 32.2 Å². The highest BCUT2D eigenvalue weighted by atomic mass is 32.2. The fourth-order valence-corrected chi connectivity index (χ4v) is 4.16. The molecular weight excluding hydrogens is 312 g/mol. The lowest BCUT2D eigenvalue weighted by molar-refractivity contribution is -0.115. The quantitative estimate of drug-likeness (QED) is 0.710. The number of hydrogen-bond donors (Lipinski definition) is 2. The van der Waals surface area contributed by atoms with Gasteiger partial charge in [0.1, 0.15) is 9.84 Å². The monoisotopic (exact) mass is 332 g/mol. The predicted octanol–water partition coefficient (Wildman–Crippen LogP) is 0.267. The zero-order chi connectivity index (χ0) is 15.9. The number of carbonyl (C=O) groups is 1. The molecular formula is C13H20N2O4S2. The first-order chi connectivity index (χ1) is 9.81. The van der Waals surface area contributed by atoms with Crippen LogP contribution in [-0.4, -0.2) is 42.0 Å². The molecule has 1 amide bonds. The Hall–Kier alpha value is -1.25. The van der Waals surface area contributed by atoms with Crippen molar-refractivity contribution in [2.75, 3.05) is 28.8 Å². The van der Waals surface area contributed by atoms with Crippen molar-refractivity contribution in [3.05, 3.63) is 29.8 Å². The van der Waals surface area contributed by atoms with Gasteiger partial charge in [-0.2, -0.15) is 0 Å². The number of sulfone groups is 1. The fourth-order valence-electron chi connectivity index (χ4n) is 1.59. The largest absolute Gasteiger partial charge is 0.326 e. The highest BCUT2D eigenvalue weighted by Gasteiger charge is 2.10. The lowest BCUT2D eigenvalue weighted by atomic mass is 10.2. The van der Waals surface area contributed by atoms with Gasteiger partial charge in [0.05, 0.1) is 5.75 Å². The summed E-state index contributed by atoms with van der Waals surface area (Å²) in [5.41, 5.74) is 7.04. The standard InChI is InChI=1S/C13H20N2O4S2/c1-21(18,19)9-8-20(17)7-6-13(16)15-12-5-3-2-4-11(12)10-14/h2-5H,6-10,14H2,1H3,(H,15,16). The number of anilines is 1. The van der Waals surface area contributed by atoms with Crippen LogP contribution >= 0.6 is 0 Å². The Morgan fingerprint density at radius 1 is 1.29 bits per heavy atom. The van der Waals surface area contributed by atoms with Crippen LogP contribution in [0.4, 0.5) is 5.69 Å². The van der Waals surface area contributed by atoms with E-state index in [4.69, 9.17) is 5.73 Å². The molecule has 1 atom stereocenters. The van der Waals surface area contributed by atoms with Crippen LogP contribution in [-0.2, 0) is 32.0 Å². The minimum absolute atomic E-state index is 0.0610. The molecule has 0 fully saturated rings. The Labute approximate surface area is 127 Å². The van der Waals surface area contributed by atoms with Crippen LogP contribution in [0.25, 0.3) is 0 Å². The third-order valence-electron chi connectivity index (χ3n) is 2.75. The molecule has 0 radical (unpaired) electrons. The maximum absolute atomic E-state index is 11.8. The summed E-state index contributed by atoms with van der Waals surface area (Å²) in [5.74, 6) is -0.182. The third kappa shape index (κ3) is 7.35. The Kier molecular flexibility index (Phi) is 7.00. The van der Waals surface area contributed by atoms with Gasteiger partial charge in [-0.1, -0.05) is 18.2 Å². The van der Waals surface area contributed by atoms with Gasteiger partial charge in [-0.3, -0.25) is 9.00 Å². The van der Waals surface area contributed by atoms with E-state index in [0.717, 1.165) is 11.8 Å². The van der Waals surface area contributed by atoms with E-state index < -0.39 is 20.6 Å². The molecule has 8 heteroatoms. The second kappa shape index (κ2) is 8.26. The van der Waals surface area contributed by atoms with Crippen LogP contribution in [0.2, 0.25) is 0 Å². The Balaban J connectivity index is 2.42. The Bertz CT molecular complexity index is 614. The van der Waals surface area contributed by atoms with Gasteiger partial charge >= 0.3 is 0 Å². The number of amides is 1.